The summed E-state index contributed by atoms with van der Waals surface area (Å²) in [5.41, 5.74) is 13.6. The first-order valence-corrected chi connectivity index (χ1v) is 53.4. The highest BCUT2D eigenvalue weighted by Gasteiger charge is 2.36. The van der Waals surface area contributed by atoms with Crippen molar-refractivity contribution in [1.82, 2.24) is 30.7 Å². The molecule has 0 aromatic rings. The third-order valence-electron chi connectivity index (χ3n) is 23.7. The number of rotatable bonds is 69. The van der Waals surface area contributed by atoms with Gasteiger partial charge in [0.25, 0.3) is 0 Å². The molecule has 0 spiro atoms. The van der Waals surface area contributed by atoms with Crippen molar-refractivity contribution in [2.75, 3.05) is 98.2 Å². The van der Waals surface area contributed by atoms with Crippen LogP contribution in [-0.2, 0) is 43.0 Å². The van der Waals surface area contributed by atoms with Crippen molar-refractivity contribution in [3.05, 3.63) is 24.3 Å². The molecular weight excluding hydrogens is 1600 g/mol. The second-order valence-electron chi connectivity index (χ2n) is 37.7. The molecule has 7 unspecified atom stereocenters. The largest absolute Gasteiger partial charge is 0.462 e. The van der Waals surface area contributed by atoms with Gasteiger partial charge < -0.3 is 77.4 Å². The number of nitrogens with zero attached hydrogens (tertiary/aromatic N) is 3. The average molecular weight is 1820 g/mol. The highest BCUT2D eigenvalue weighted by molar-refractivity contribution is 5.77. The Hall–Kier alpha value is -4.06. The topological polar surface area (TPSA) is 315 Å². The second kappa shape index (κ2) is 97.5. The number of hydrogen-bond acceptors (Lipinski definition) is 18. The molecule has 21 nitrogen and oxygen atoms in total. The van der Waals surface area contributed by atoms with Gasteiger partial charge in [-0.2, -0.15) is 0 Å². The number of allylic oxidation sites excluding steroid dienone is 4. The summed E-state index contributed by atoms with van der Waals surface area (Å²) in [7, 11) is 0. The van der Waals surface area contributed by atoms with E-state index < -0.39 is 11.2 Å². The summed E-state index contributed by atoms with van der Waals surface area (Å²) in [5, 5.41) is 39.8. The molecule has 0 bridgehead atoms. The van der Waals surface area contributed by atoms with Gasteiger partial charge in [0.15, 0.2) is 0 Å². The third-order valence-corrected chi connectivity index (χ3v) is 23.7. The van der Waals surface area contributed by atoms with Crippen LogP contribution in [0.25, 0.3) is 0 Å². The van der Waals surface area contributed by atoms with Crippen molar-refractivity contribution >= 4 is 35.6 Å². The lowest BCUT2D eigenvalue weighted by molar-refractivity contribution is -0.148. The maximum Gasteiger partial charge on any atom is 0.306 e. The molecule has 8 atom stereocenters. The lowest BCUT2D eigenvalue weighted by atomic mass is 9.93. The van der Waals surface area contributed by atoms with E-state index in [0.717, 1.165) is 168 Å². The molecular formula is C107H219N9O12. The van der Waals surface area contributed by atoms with E-state index in [9.17, 15) is 44.1 Å². The number of amides is 3. The summed E-state index contributed by atoms with van der Waals surface area (Å²) in [4.78, 5) is 76.2. The summed E-state index contributed by atoms with van der Waals surface area (Å²) in [5.74, 6) is 0.622. The van der Waals surface area contributed by atoms with E-state index in [1.807, 2.05) is 27.7 Å². The maximum atomic E-state index is 12.0. The standard InChI is InChI=1S/C22H46N2O2.C22H44N2O2.C20H42N2O2.C11H20O2.C11H18O2.C9H16O2.3C4H11N/c2*1-5-8-11-12-15-22(4,26)16-14-21(25)23-17-13-20-24(18-9-6-2)19-10-7-3;1-5-8-12-19(23)18(4)17-20(24)21-13-11-16-22(14-9-6-2)15-10-7-3;2*1-3-4-5-6-8-11(2)9-7-10(12)13-11;1-3-4-5-8-7(2)6-9(10)11-8;3*1-2-3-4-5/h26H,5-20H2,1-4H3,(H,23,25);8,11,26H,5-7,9-10,12-20H2,1-4H3,(H,23,25);18-19,23H,5-17H2,1-4H3,(H,21,24);3-9H2,1-2H3;4-5H,3,6-9H2,1-2H3;7-8H,3-6H2,1-2H3;3*2-5H2,1H3/b;11-8-;;;5-4-;;;;/t;;;;;7-,8?;;;/m.....1.../s1. The summed E-state index contributed by atoms with van der Waals surface area (Å²) in [6.45, 7) is 59.5. The number of aliphatic hydroxyl groups excluding tert-OH is 1. The zero-order chi connectivity index (χ0) is 97.7. The molecule has 0 aromatic heterocycles. The molecule has 3 fully saturated rings. The third kappa shape index (κ3) is 95.1. The normalized spacial score (nSPS) is 17.6. The van der Waals surface area contributed by atoms with E-state index in [-0.39, 0.29) is 65.0 Å². The Balaban J connectivity index is -0.000000344. The smallest absolute Gasteiger partial charge is 0.306 e. The van der Waals surface area contributed by atoms with Gasteiger partial charge >= 0.3 is 17.9 Å². The van der Waals surface area contributed by atoms with Crippen LogP contribution < -0.4 is 33.2 Å². The zero-order valence-electron chi connectivity index (χ0n) is 88.3. The highest BCUT2D eigenvalue weighted by atomic mass is 16.6. The van der Waals surface area contributed by atoms with Crippen LogP contribution in [0.4, 0.5) is 0 Å². The van der Waals surface area contributed by atoms with Crippen molar-refractivity contribution < 1.29 is 58.3 Å². The van der Waals surface area contributed by atoms with Crippen molar-refractivity contribution in [1.29, 1.82) is 0 Å². The van der Waals surface area contributed by atoms with Crippen molar-refractivity contribution in [2.45, 2.75) is 520 Å². The molecule has 3 aliphatic rings. The van der Waals surface area contributed by atoms with Gasteiger partial charge in [0, 0.05) is 57.7 Å². The fourth-order valence-corrected chi connectivity index (χ4v) is 14.4. The lowest BCUT2D eigenvalue weighted by Gasteiger charge is -2.23. The number of hydrogen-bond donors (Lipinski definition) is 9. The average Bonchev–Trinajstić information content (AvgIpc) is 1.72. The van der Waals surface area contributed by atoms with E-state index in [2.05, 4.69) is 173 Å². The van der Waals surface area contributed by atoms with Gasteiger partial charge in [-0.15, -0.1) is 0 Å². The van der Waals surface area contributed by atoms with Crippen LogP contribution in [0.3, 0.4) is 0 Å². The molecule has 21 heteroatoms. The van der Waals surface area contributed by atoms with Gasteiger partial charge in [-0.3, -0.25) is 28.8 Å². The number of aliphatic hydroxyl groups is 3. The van der Waals surface area contributed by atoms with Crippen LogP contribution in [-0.4, -0.2) is 198 Å². The van der Waals surface area contributed by atoms with Crippen LogP contribution in [0, 0.1) is 11.8 Å². The van der Waals surface area contributed by atoms with E-state index in [1.165, 1.54) is 213 Å². The van der Waals surface area contributed by atoms with Crippen LogP contribution in [0.15, 0.2) is 24.3 Å². The SMILES string of the molecule is CC/C=C\CCC(C)(O)CCC(=O)NCCCN(CCCC)CCCC.CC/C=C\CCC1(C)CCC(=O)O1.CCCCC(O)C(C)CC(=O)NCCCN(CCCC)CCCC.CCCCC1OC(=O)C[C@H]1C.CCCCCCC(C)(O)CCC(=O)NCCCN(CCCC)CCCC.CCCCCCC1(C)CCC(=O)O1.CCCCN.CCCCN.CCCCN. The summed E-state index contributed by atoms with van der Waals surface area (Å²) >= 11 is 0. The van der Waals surface area contributed by atoms with Gasteiger partial charge in [-0.1, -0.05) is 270 Å². The summed E-state index contributed by atoms with van der Waals surface area (Å²) in [6.07, 6.45) is 62.9. The van der Waals surface area contributed by atoms with Gasteiger partial charge in [0.05, 0.1) is 23.7 Å². The van der Waals surface area contributed by atoms with E-state index in [0.29, 0.717) is 63.7 Å². The first kappa shape index (κ1) is 135. The van der Waals surface area contributed by atoms with Crippen LogP contribution in [0.1, 0.15) is 486 Å². The van der Waals surface area contributed by atoms with Crippen LogP contribution in [0.2, 0.25) is 0 Å². The molecule has 0 saturated carbocycles. The van der Waals surface area contributed by atoms with E-state index in [1.54, 1.807) is 0 Å². The number of nitrogens with two attached hydrogens (primary N) is 3. The van der Waals surface area contributed by atoms with Gasteiger partial charge in [0.1, 0.15) is 17.3 Å². The van der Waals surface area contributed by atoms with E-state index >= 15 is 0 Å². The number of esters is 3. The Kier molecular flexibility index (Phi) is 103. The monoisotopic (exact) mass is 1820 g/mol. The fourth-order valence-electron chi connectivity index (χ4n) is 14.4. The fraction of sp³-hybridized carbons (Fsp3) is 0.907. The van der Waals surface area contributed by atoms with E-state index in [4.69, 9.17) is 31.4 Å². The van der Waals surface area contributed by atoms with Crippen LogP contribution in [0.5, 0.6) is 0 Å². The summed E-state index contributed by atoms with van der Waals surface area (Å²) < 4.78 is 15.7. The molecule has 3 aliphatic heterocycles. The quantitative estimate of drug-likeness (QED) is 0.0118. The number of nitrogens with one attached hydrogen (secondary N) is 3. The Morgan fingerprint density at radius 1 is 0.430 bits per heavy atom. The molecule has 3 heterocycles. The molecule has 0 aromatic carbocycles. The predicted molar refractivity (Wildman–Crippen MR) is 548 cm³/mol. The van der Waals surface area contributed by atoms with Gasteiger partial charge in [-0.05, 0) is 286 Å². The van der Waals surface area contributed by atoms with Gasteiger partial charge in [-0.25, -0.2) is 0 Å². The number of ether oxygens (including phenoxy) is 3. The second-order valence-corrected chi connectivity index (χ2v) is 37.7. The first-order valence-electron chi connectivity index (χ1n) is 53.4. The minimum Gasteiger partial charge on any atom is -0.462 e. The Morgan fingerprint density at radius 3 is 1.10 bits per heavy atom. The molecule has 764 valence electrons. The van der Waals surface area contributed by atoms with Crippen LogP contribution >= 0.6 is 0 Å². The maximum absolute atomic E-state index is 12.0. The van der Waals surface area contributed by atoms with Gasteiger partial charge in [0.2, 0.25) is 17.7 Å². The Morgan fingerprint density at radius 2 is 0.773 bits per heavy atom. The molecule has 3 saturated heterocycles. The summed E-state index contributed by atoms with van der Waals surface area (Å²) in [6, 6.07) is 0. The molecule has 0 radical (unpaired) electrons. The molecule has 128 heavy (non-hydrogen) atoms. The first-order chi connectivity index (χ1) is 61.2. The minimum atomic E-state index is -0.757. The predicted octanol–water partition coefficient (Wildman–Crippen LogP) is 23.8. The van der Waals surface area contributed by atoms with Crippen molar-refractivity contribution in [2.24, 2.45) is 29.0 Å². The number of cyclic esters (lactones) is 3. The Bertz CT molecular complexity index is 2450. The highest BCUT2D eigenvalue weighted by Crippen LogP contribution is 2.33. The minimum absolute atomic E-state index is 0.0152. The number of carbonyl (C=O) groups excluding carboxylic acids is 6. The zero-order valence-corrected chi connectivity index (χ0v) is 88.3. The van der Waals surface area contributed by atoms with Crippen molar-refractivity contribution in [3.63, 3.8) is 0 Å². The molecule has 12 N–H and O–H groups in total. The van der Waals surface area contributed by atoms with Crippen molar-refractivity contribution in [3.8, 4) is 0 Å². The molecule has 3 amide bonds. The molecule has 0 aliphatic carbocycles. The number of unbranched alkanes of at least 4 members (excludes halogenated alkanes) is 17. The Labute approximate surface area is 792 Å². The number of carbonyl (C=O) groups is 6. The lowest BCUT2D eigenvalue weighted by Crippen LogP contribution is -2.33. The molecule has 3 rings (SSSR count).